The summed E-state index contributed by atoms with van der Waals surface area (Å²) < 4.78 is 12.5. The number of para-hydroxylation sites is 1. The molecule has 0 aliphatic carbocycles. The van der Waals surface area contributed by atoms with Crippen LogP contribution >= 0.6 is 0 Å². The van der Waals surface area contributed by atoms with Gasteiger partial charge in [-0.2, -0.15) is 0 Å². The van der Waals surface area contributed by atoms with Crippen molar-refractivity contribution in [3.8, 4) is 0 Å². The summed E-state index contributed by atoms with van der Waals surface area (Å²) in [5.74, 6) is -0.00338. The number of amides is 1. The van der Waals surface area contributed by atoms with Crippen LogP contribution in [0.4, 0.5) is 10.1 Å². The Hall–Kier alpha value is -1.38. The minimum Gasteiger partial charge on any atom is -0.306 e. The largest absolute Gasteiger partial charge is 0.306 e. The van der Waals surface area contributed by atoms with Gasteiger partial charge in [0.05, 0.1) is 12.5 Å². The second kappa shape index (κ2) is 3.40. The van der Waals surface area contributed by atoms with Gasteiger partial charge in [-0.25, -0.2) is 4.39 Å². The molecule has 1 aliphatic heterocycles. The van der Waals surface area contributed by atoms with E-state index in [2.05, 4.69) is 0 Å². The van der Waals surface area contributed by atoms with Gasteiger partial charge in [-0.15, -0.1) is 0 Å². The Balaban J connectivity index is 2.39. The highest BCUT2D eigenvalue weighted by atomic mass is 19.1. The van der Waals surface area contributed by atoms with Gasteiger partial charge in [0.25, 0.3) is 0 Å². The molecule has 0 N–H and O–H groups in total. The quantitative estimate of drug-likeness (QED) is 0.702. The summed E-state index contributed by atoms with van der Waals surface area (Å²) in [5, 5.41) is 0. The first-order valence-corrected chi connectivity index (χ1v) is 4.70. The molecule has 0 saturated carbocycles. The smallest absolute Gasteiger partial charge is 0.231 e. The predicted octanol–water partition coefficient (Wildman–Crippen LogP) is 1.93. The molecule has 0 aromatic heterocycles. The van der Waals surface area contributed by atoms with E-state index in [4.69, 9.17) is 0 Å². The van der Waals surface area contributed by atoms with Crippen molar-refractivity contribution in [2.24, 2.45) is 0 Å². The van der Waals surface area contributed by atoms with E-state index in [-0.39, 0.29) is 11.9 Å². The number of alkyl halides is 1. The molecule has 0 fully saturated rings. The number of nitrogens with zero attached hydrogens (tertiary/aromatic N) is 1. The van der Waals surface area contributed by atoms with Gasteiger partial charge in [-0.1, -0.05) is 18.2 Å². The zero-order valence-electron chi connectivity index (χ0n) is 8.03. The van der Waals surface area contributed by atoms with Crippen molar-refractivity contribution >= 4 is 11.6 Å². The molecule has 1 aromatic carbocycles. The third-order valence-corrected chi connectivity index (χ3v) is 2.53. The number of hydrogen-bond acceptors (Lipinski definition) is 1. The second-order valence-corrected chi connectivity index (χ2v) is 3.57. The summed E-state index contributed by atoms with van der Waals surface area (Å²) >= 11 is 0. The Morgan fingerprint density at radius 2 is 2.21 bits per heavy atom. The number of carbonyl (C=O) groups is 1. The first-order chi connectivity index (χ1) is 6.74. The normalized spacial score (nSPS) is 17.0. The lowest BCUT2D eigenvalue weighted by Crippen LogP contribution is -2.37. The molecule has 0 bridgehead atoms. The maximum Gasteiger partial charge on any atom is 0.231 e. The number of anilines is 1. The van der Waals surface area contributed by atoms with E-state index in [0.717, 1.165) is 11.3 Å². The number of carbonyl (C=O) groups excluding carboxylic acids is 1. The van der Waals surface area contributed by atoms with Crippen LogP contribution in [0.3, 0.4) is 0 Å². The van der Waals surface area contributed by atoms with E-state index in [1.807, 2.05) is 24.3 Å². The minimum absolute atomic E-state index is 0.00338. The number of benzene rings is 1. The molecule has 0 saturated heterocycles. The van der Waals surface area contributed by atoms with E-state index in [1.165, 1.54) is 0 Å². The van der Waals surface area contributed by atoms with Gasteiger partial charge < -0.3 is 4.90 Å². The minimum atomic E-state index is -0.500. The maximum atomic E-state index is 12.5. The lowest BCUT2D eigenvalue weighted by molar-refractivity contribution is -0.117. The predicted molar refractivity (Wildman–Crippen MR) is 53.1 cm³/mol. The van der Waals surface area contributed by atoms with Crippen molar-refractivity contribution in [3.05, 3.63) is 29.8 Å². The zero-order chi connectivity index (χ0) is 10.1. The molecule has 14 heavy (non-hydrogen) atoms. The van der Waals surface area contributed by atoms with Gasteiger partial charge in [-0.05, 0) is 18.6 Å². The van der Waals surface area contributed by atoms with Crippen molar-refractivity contribution in [2.45, 2.75) is 19.4 Å². The molecule has 1 atom stereocenters. The van der Waals surface area contributed by atoms with E-state index < -0.39 is 6.67 Å². The monoisotopic (exact) mass is 193 g/mol. The summed E-state index contributed by atoms with van der Waals surface area (Å²) in [6.45, 7) is 1.22. The molecular weight excluding hydrogens is 181 g/mol. The first-order valence-electron chi connectivity index (χ1n) is 4.70. The van der Waals surface area contributed by atoms with Crippen molar-refractivity contribution in [3.63, 3.8) is 0 Å². The molecule has 1 unspecified atom stereocenters. The molecule has 3 heteroatoms. The van der Waals surface area contributed by atoms with E-state index in [0.29, 0.717) is 6.42 Å². The Kier molecular flexibility index (Phi) is 2.23. The fourth-order valence-electron chi connectivity index (χ4n) is 1.83. The molecule has 1 aromatic rings. The third kappa shape index (κ3) is 1.29. The third-order valence-electron chi connectivity index (χ3n) is 2.53. The van der Waals surface area contributed by atoms with Crippen molar-refractivity contribution in [2.75, 3.05) is 11.6 Å². The Labute approximate surface area is 82.3 Å². The van der Waals surface area contributed by atoms with Gasteiger partial charge in [0.2, 0.25) is 5.91 Å². The van der Waals surface area contributed by atoms with Gasteiger partial charge in [0, 0.05) is 5.69 Å². The summed E-state index contributed by atoms with van der Waals surface area (Å²) in [6.07, 6.45) is 0.403. The van der Waals surface area contributed by atoms with E-state index in [1.54, 1.807) is 11.8 Å². The highest BCUT2D eigenvalue weighted by Gasteiger charge is 2.30. The lowest BCUT2D eigenvalue weighted by Gasteiger charge is -2.22. The molecule has 2 rings (SSSR count). The van der Waals surface area contributed by atoms with Crippen molar-refractivity contribution in [1.29, 1.82) is 0 Å². The van der Waals surface area contributed by atoms with Crippen molar-refractivity contribution < 1.29 is 9.18 Å². The summed E-state index contributed by atoms with van der Waals surface area (Å²) in [7, 11) is 0. The molecule has 1 heterocycles. The summed E-state index contributed by atoms with van der Waals surface area (Å²) in [5.41, 5.74) is 1.86. The number of fused-ring (bicyclic) bond motifs is 1. The first kappa shape index (κ1) is 9.19. The van der Waals surface area contributed by atoms with Crippen molar-refractivity contribution in [1.82, 2.24) is 0 Å². The van der Waals surface area contributed by atoms with Crippen LogP contribution in [0.5, 0.6) is 0 Å². The van der Waals surface area contributed by atoms with Crippen LogP contribution in [0.1, 0.15) is 12.5 Å². The van der Waals surface area contributed by atoms with Gasteiger partial charge >= 0.3 is 0 Å². The Morgan fingerprint density at radius 3 is 2.93 bits per heavy atom. The van der Waals surface area contributed by atoms with Gasteiger partial charge in [0.15, 0.2) is 0 Å². The average Bonchev–Trinajstić information content (AvgIpc) is 2.53. The maximum absolute atomic E-state index is 12.5. The topological polar surface area (TPSA) is 20.3 Å². The van der Waals surface area contributed by atoms with Crippen LogP contribution < -0.4 is 4.90 Å². The number of halogens is 1. The molecule has 1 aliphatic rings. The summed E-state index contributed by atoms with van der Waals surface area (Å²) in [4.78, 5) is 13.1. The van der Waals surface area contributed by atoms with Crippen LogP contribution in [-0.2, 0) is 11.2 Å². The SMILES string of the molecule is CC(CF)N1C(=O)Cc2ccccc21. The van der Waals surface area contributed by atoms with Crippen LogP contribution in [0.25, 0.3) is 0 Å². The lowest BCUT2D eigenvalue weighted by atomic mass is 10.2. The van der Waals surface area contributed by atoms with Crippen LogP contribution in [0.2, 0.25) is 0 Å². The van der Waals surface area contributed by atoms with Gasteiger partial charge in [0.1, 0.15) is 6.67 Å². The standard InChI is InChI=1S/C11H12FNO/c1-8(7-12)13-10-5-3-2-4-9(10)6-11(13)14/h2-5,8H,6-7H2,1H3. The Bertz CT molecular complexity index is 364. The molecule has 2 nitrogen and oxygen atoms in total. The van der Waals surface area contributed by atoms with E-state index in [9.17, 15) is 9.18 Å². The van der Waals surface area contributed by atoms with Crippen LogP contribution in [0, 0.1) is 0 Å². The van der Waals surface area contributed by atoms with Crippen LogP contribution in [-0.4, -0.2) is 18.6 Å². The number of hydrogen-bond donors (Lipinski definition) is 0. The average molecular weight is 193 g/mol. The Morgan fingerprint density at radius 1 is 1.50 bits per heavy atom. The van der Waals surface area contributed by atoms with E-state index >= 15 is 0 Å². The highest BCUT2D eigenvalue weighted by molar-refractivity contribution is 6.01. The number of rotatable bonds is 2. The summed E-state index contributed by atoms with van der Waals surface area (Å²) in [6, 6.07) is 7.20. The molecule has 1 amide bonds. The van der Waals surface area contributed by atoms with Gasteiger partial charge in [-0.3, -0.25) is 4.79 Å². The molecule has 0 radical (unpaired) electrons. The molecule has 74 valence electrons. The molecular formula is C11H12FNO. The van der Waals surface area contributed by atoms with Crippen LogP contribution in [0.15, 0.2) is 24.3 Å². The molecule has 0 spiro atoms. The fraction of sp³-hybridized carbons (Fsp3) is 0.364. The highest BCUT2D eigenvalue weighted by Crippen LogP contribution is 2.30. The zero-order valence-corrected chi connectivity index (χ0v) is 8.03. The fourth-order valence-corrected chi connectivity index (χ4v) is 1.83. The second-order valence-electron chi connectivity index (χ2n) is 3.57.